The summed E-state index contributed by atoms with van der Waals surface area (Å²) in [6.45, 7) is 4.20. The molecule has 1 amide bonds. The fraction of sp³-hybridized carbons (Fsp3) is 0.375. The molecule has 0 unspecified atom stereocenters. The minimum absolute atomic E-state index is 0.183. The van der Waals surface area contributed by atoms with Gasteiger partial charge in [-0.2, -0.15) is 13.2 Å². The molecule has 0 spiro atoms. The quantitative estimate of drug-likeness (QED) is 0.834. The van der Waals surface area contributed by atoms with E-state index in [1.807, 2.05) is 13.8 Å². The van der Waals surface area contributed by atoms with Crippen molar-refractivity contribution in [3.05, 3.63) is 36.4 Å². The van der Waals surface area contributed by atoms with E-state index in [-0.39, 0.29) is 28.3 Å². The first-order valence-electron chi connectivity index (χ1n) is 7.07. The molecule has 1 fully saturated rings. The van der Waals surface area contributed by atoms with Crippen LogP contribution >= 0.6 is 0 Å². The lowest BCUT2D eigenvalue weighted by atomic mass is 9.93. The van der Waals surface area contributed by atoms with E-state index < -0.39 is 11.7 Å². The zero-order valence-corrected chi connectivity index (χ0v) is 12.6. The van der Waals surface area contributed by atoms with Gasteiger partial charge in [-0.3, -0.25) is 4.79 Å². The van der Waals surface area contributed by atoms with E-state index in [0.717, 1.165) is 18.5 Å². The van der Waals surface area contributed by atoms with Crippen molar-refractivity contribution in [1.29, 1.82) is 0 Å². The third-order valence-corrected chi connectivity index (χ3v) is 3.79. The SMILES string of the molecule is CC1(C)CC(=O)N(c2cc(-c3cnco3)cc(C(F)(F)F)c2)C1. The summed E-state index contributed by atoms with van der Waals surface area (Å²) in [5.41, 5.74) is -0.622. The Morgan fingerprint density at radius 3 is 2.52 bits per heavy atom. The van der Waals surface area contributed by atoms with E-state index in [9.17, 15) is 18.0 Å². The fourth-order valence-electron chi connectivity index (χ4n) is 2.74. The van der Waals surface area contributed by atoms with Crippen LogP contribution < -0.4 is 4.90 Å². The molecular formula is C16H15F3N2O2. The van der Waals surface area contributed by atoms with Gasteiger partial charge in [-0.1, -0.05) is 13.8 Å². The van der Waals surface area contributed by atoms with Gasteiger partial charge in [0.25, 0.3) is 0 Å². The van der Waals surface area contributed by atoms with E-state index in [2.05, 4.69) is 4.98 Å². The standard InChI is InChI=1S/C16H15F3N2O2/c1-15(2)6-14(22)21(8-15)12-4-10(13-7-20-9-23-13)3-11(5-12)16(17,18)19/h3-5,7,9H,6,8H2,1-2H3. The number of oxazole rings is 1. The third kappa shape index (κ3) is 3.09. The van der Waals surface area contributed by atoms with Crippen molar-refractivity contribution < 1.29 is 22.4 Å². The van der Waals surface area contributed by atoms with Crippen LogP contribution in [0.3, 0.4) is 0 Å². The van der Waals surface area contributed by atoms with Gasteiger partial charge >= 0.3 is 6.18 Å². The van der Waals surface area contributed by atoms with Crippen molar-refractivity contribution >= 4 is 11.6 Å². The molecule has 1 aromatic carbocycles. The highest BCUT2D eigenvalue weighted by molar-refractivity contribution is 5.97. The summed E-state index contributed by atoms with van der Waals surface area (Å²) < 4.78 is 44.6. The van der Waals surface area contributed by atoms with Crippen LogP contribution in [-0.2, 0) is 11.0 Å². The van der Waals surface area contributed by atoms with Gasteiger partial charge in [-0.15, -0.1) is 0 Å². The lowest BCUT2D eigenvalue weighted by Gasteiger charge is -2.21. The largest absolute Gasteiger partial charge is 0.444 e. The molecule has 0 bridgehead atoms. The molecule has 4 nitrogen and oxygen atoms in total. The van der Waals surface area contributed by atoms with Crippen molar-refractivity contribution in [1.82, 2.24) is 4.98 Å². The Labute approximate surface area is 130 Å². The van der Waals surface area contributed by atoms with Crippen LogP contribution in [0.15, 0.2) is 35.2 Å². The van der Waals surface area contributed by atoms with Gasteiger partial charge in [-0.05, 0) is 23.6 Å². The van der Waals surface area contributed by atoms with Gasteiger partial charge in [-0.25, -0.2) is 4.98 Å². The number of hydrogen-bond acceptors (Lipinski definition) is 3. The molecule has 122 valence electrons. The second kappa shape index (κ2) is 5.11. The number of nitrogens with zero attached hydrogens (tertiary/aromatic N) is 2. The number of hydrogen-bond donors (Lipinski definition) is 0. The smallest absolute Gasteiger partial charge is 0.416 e. The zero-order chi connectivity index (χ0) is 16.8. The van der Waals surface area contributed by atoms with Crippen molar-refractivity contribution in [2.24, 2.45) is 5.41 Å². The highest BCUT2D eigenvalue weighted by Gasteiger charge is 2.38. The molecule has 0 aliphatic carbocycles. The molecule has 0 saturated carbocycles. The molecule has 3 rings (SSSR count). The van der Waals surface area contributed by atoms with Crippen LogP contribution in [0.5, 0.6) is 0 Å². The first kappa shape index (κ1) is 15.6. The number of halogens is 3. The molecule has 23 heavy (non-hydrogen) atoms. The van der Waals surface area contributed by atoms with E-state index in [1.54, 1.807) is 0 Å². The van der Waals surface area contributed by atoms with Gasteiger partial charge in [0.2, 0.25) is 5.91 Å². The second-order valence-corrected chi connectivity index (χ2v) is 6.45. The molecule has 1 aromatic heterocycles. The van der Waals surface area contributed by atoms with Crippen LogP contribution in [0.1, 0.15) is 25.8 Å². The Bertz CT molecular complexity index is 736. The molecule has 1 aliphatic rings. The molecular weight excluding hydrogens is 309 g/mol. The van der Waals surface area contributed by atoms with E-state index in [1.165, 1.54) is 17.2 Å². The summed E-state index contributed by atoms with van der Waals surface area (Å²) in [6.07, 6.45) is -1.71. The number of aromatic nitrogens is 1. The maximum atomic E-state index is 13.2. The predicted octanol–water partition coefficient (Wildman–Crippen LogP) is 4.12. The number of carbonyl (C=O) groups is 1. The van der Waals surface area contributed by atoms with Gasteiger partial charge in [0.15, 0.2) is 12.2 Å². The fourth-order valence-corrected chi connectivity index (χ4v) is 2.74. The molecule has 0 N–H and O–H groups in total. The van der Waals surface area contributed by atoms with E-state index >= 15 is 0 Å². The average molecular weight is 324 g/mol. The summed E-state index contributed by atoms with van der Waals surface area (Å²) in [4.78, 5) is 17.3. The van der Waals surface area contributed by atoms with Crippen LogP contribution in [-0.4, -0.2) is 17.4 Å². The first-order valence-corrected chi connectivity index (χ1v) is 7.07. The normalized spacial score (nSPS) is 17.8. The molecule has 0 atom stereocenters. The molecule has 7 heteroatoms. The average Bonchev–Trinajstić information content (AvgIpc) is 3.05. The van der Waals surface area contributed by atoms with Crippen LogP contribution in [0, 0.1) is 5.41 Å². The van der Waals surface area contributed by atoms with Crippen molar-refractivity contribution in [2.45, 2.75) is 26.4 Å². The van der Waals surface area contributed by atoms with Gasteiger partial charge < -0.3 is 9.32 Å². The van der Waals surface area contributed by atoms with E-state index in [0.29, 0.717) is 13.0 Å². The summed E-state index contributed by atoms with van der Waals surface area (Å²) in [7, 11) is 0. The number of anilines is 1. The Morgan fingerprint density at radius 2 is 2.00 bits per heavy atom. The molecule has 1 saturated heterocycles. The number of rotatable bonds is 2. The highest BCUT2D eigenvalue weighted by Crippen LogP contribution is 2.39. The van der Waals surface area contributed by atoms with Gasteiger partial charge in [0.1, 0.15) is 0 Å². The zero-order valence-electron chi connectivity index (χ0n) is 12.6. The number of benzene rings is 1. The monoisotopic (exact) mass is 324 g/mol. The lowest BCUT2D eigenvalue weighted by Crippen LogP contribution is -2.26. The number of carbonyl (C=O) groups excluding carboxylic acids is 1. The summed E-state index contributed by atoms with van der Waals surface area (Å²) in [6, 6.07) is 3.52. The maximum Gasteiger partial charge on any atom is 0.416 e. The topological polar surface area (TPSA) is 46.3 Å². The number of alkyl halides is 3. The summed E-state index contributed by atoms with van der Waals surface area (Å²) >= 11 is 0. The maximum absolute atomic E-state index is 13.2. The van der Waals surface area contributed by atoms with Gasteiger partial charge in [0.05, 0.1) is 11.8 Å². The molecule has 0 radical (unpaired) electrons. The van der Waals surface area contributed by atoms with Crippen LogP contribution in [0.4, 0.5) is 18.9 Å². The summed E-state index contributed by atoms with van der Waals surface area (Å²) in [5.74, 6) is 0.0427. The van der Waals surface area contributed by atoms with Gasteiger partial charge in [0, 0.05) is 24.2 Å². The predicted molar refractivity (Wildman–Crippen MR) is 77.7 cm³/mol. The van der Waals surface area contributed by atoms with E-state index in [4.69, 9.17) is 4.42 Å². The Hall–Kier alpha value is -2.31. The molecule has 1 aliphatic heterocycles. The highest BCUT2D eigenvalue weighted by atomic mass is 19.4. The Morgan fingerprint density at radius 1 is 1.26 bits per heavy atom. The first-order chi connectivity index (χ1) is 10.7. The van der Waals surface area contributed by atoms with Crippen LogP contribution in [0.25, 0.3) is 11.3 Å². The lowest BCUT2D eigenvalue weighted by molar-refractivity contribution is -0.137. The van der Waals surface area contributed by atoms with Crippen molar-refractivity contribution in [3.63, 3.8) is 0 Å². The van der Waals surface area contributed by atoms with Crippen molar-refractivity contribution in [3.8, 4) is 11.3 Å². The summed E-state index contributed by atoms with van der Waals surface area (Å²) in [5, 5.41) is 0. The molecule has 2 aromatic rings. The second-order valence-electron chi connectivity index (χ2n) is 6.45. The minimum atomic E-state index is -4.51. The van der Waals surface area contributed by atoms with Crippen molar-refractivity contribution in [2.75, 3.05) is 11.4 Å². The van der Waals surface area contributed by atoms with Crippen LogP contribution in [0.2, 0.25) is 0 Å². The third-order valence-electron chi connectivity index (χ3n) is 3.79. The Balaban J connectivity index is 2.10. The minimum Gasteiger partial charge on any atom is -0.444 e. The molecule has 2 heterocycles. The number of amides is 1. The Kier molecular flexibility index (Phi) is 3.46.